The molecule has 0 radical (unpaired) electrons. The number of hydrogen-bond acceptors (Lipinski definition) is 3. The first kappa shape index (κ1) is 15.7. The first-order valence-electron chi connectivity index (χ1n) is 7.82. The molecule has 3 rings (SSSR count). The number of aromatic nitrogens is 2. The minimum Gasteiger partial charge on any atom is -0.396 e. The lowest BCUT2D eigenvalue weighted by atomic mass is 9.94. The molecule has 1 fully saturated rings. The van der Waals surface area contributed by atoms with Gasteiger partial charge in [0.1, 0.15) is 5.82 Å². The largest absolute Gasteiger partial charge is 0.396 e. The van der Waals surface area contributed by atoms with E-state index in [1.54, 1.807) is 34.0 Å². The molecule has 1 N–H and O–H groups in total. The zero-order valence-electron chi connectivity index (χ0n) is 13.0. The molecule has 2 unspecified atom stereocenters. The Labute approximate surface area is 134 Å². The van der Waals surface area contributed by atoms with Crippen LogP contribution < -0.4 is 0 Å². The number of carbonyl (C=O) groups is 1. The van der Waals surface area contributed by atoms with Crippen LogP contribution in [0.4, 0.5) is 4.39 Å². The molecule has 2 heterocycles. The van der Waals surface area contributed by atoms with Gasteiger partial charge >= 0.3 is 0 Å². The Balaban J connectivity index is 1.79. The highest BCUT2D eigenvalue weighted by atomic mass is 19.1. The van der Waals surface area contributed by atoms with Crippen molar-refractivity contribution >= 4 is 5.91 Å². The molecule has 0 aliphatic carbocycles. The molecular formula is C17H20FN3O2. The lowest BCUT2D eigenvalue weighted by Crippen LogP contribution is -2.46. The first-order chi connectivity index (χ1) is 11.1. The molecule has 0 saturated carbocycles. The number of piperidine rings is 1. The molecule has 122 valence electrons. The maximum absolute atomic E-state index is 13.0. The van der Waals surface area contributed by atoms with Crippen molar-refractivity contribution < 1.29 is 14.3 Å². The molecule has 1 saturated heterocycles. The van der Waals surface area contributed by atoms with E-state index in [9.17, 15) is 14.3 Å². The summed E-state index contributed by atoms with van der Waals surface area (Å²) in [7, 11) is 0. The van der Waals surface area contributed by atoms with Crippen molar-refractivity contribution in [3.05, 3.63) is 48.0 Å². The van der Waals surface area contributed by atoms with Crippen molar-refractivity contribution in [3.8, 4) is 5.69 Å². The SMILES string of the molecule is CC1CCC(CO)CN1C(=O)c1ccn(-c2ccc(F)cc2)n1. The smallest absolute Gasteiger partial charge is 0.274 e. The standard InChI is InChI=1S/C17H20FN3O2/c1-12-2-3-13(11-22)10-20(12)17(23)16-8-9-21(19-16)15-6-4-14(18)5-7-15/h4-9,12-13,22H,2-3,10-11H2,1H3. The van der Waals surface area contributed by atoms with Gasteiger partial charge in [-0.25, -0.2) is 9.07 Å². The molecule has 1 aliphatic heterocycles. The lowest BCUT2D eigenvalue weighted by Gasteiger charge is -2.37. The summed E-state index contributed by atoms with van der Waals surface area (Å²) in [4.78, 5) is 14.5. The van der Waals surface area contributed by atoms with Crippen LogP contribution in [0, 0.1) is 11.7 Å². The molecule has 1 aliphatic rings. The molecule has 2 aromatic rings. The van der Waals surface area contributed by atoms with Crippen LogP contribution in [0.15, 0.2) is 36.5 Å². The molecule has 0 spiro atoms. The topological polar surface area (TPSA) is 58.4 Å². The Hall–Kier alpha value is -2.21. The first-order valence-corrected chi connectivity index (χ1v) is 7.82. The van der Waals surface area contributed by atoms with Gasteiger partial charge in [0.05, 0.1) is 5.69 Å². The lowest BCUT2D eigenvalue weighted by molar-refractivity contribution is 0.0483. The minimum absolute atomic E-state index is 0.0977. The van der Waals surface area contributed by atoms with Gasteiger partial charge in [-0.15, -0.1) is 0 Å². The third-order valence-electron chi connectivity index (χ3n) is 4.40. The van der Waals surface area contributed by atoms with Crippen LogP contribution in [-0.2, 0) is 0 Å². The molecule has 1 aromatic heterocycles. The van der Waals surface area contributed by atoms with Crippen LogP contribution >= 0.6 is 0 Å². The van der Waals surface area contributed by atoms with Crippen molar-refractivity contribution in [1.29, 1.82) is 0 Å². The Kier molecular flexibility index (Phi) is 4.43. The third kappa shape index (κ3) is 3.27. The Morgan fingerprint density at radius 3 is 2.74 bits per heavy atom. The van der Waals surface area contributed by atoms with E-state index < -0.39 is 0 Å². The quantitative estimate of drug-likeness (QED) is 0.944. The fraction of sp³-hybridized carbons (Fsp3) is 0.412. The zero-order valence-corrected chi connectivity index (χ0v) is 13.0. The number of halogens is 1. The zero-order chi connectivity index (χ0) is 16.4. The number of aliphatic hydroxyl groups excluding tert-OH is 1. The number of benzene rings is 1. The highest BCUT2D eigenvalue weighted by Crippen LogP contribution is 2.23. The van der Waals surface area contributed by atoms with Gasteiger partial charge in [-0.05, 0) is 56.0 Å². The van der Waals surface area contributed by atoms with E-state index >= 15 is 0 Å². The second-order valence-corrected chi connectivity index (χ2v) is 6.05. The van der Waals surface area contributed by atoms with E-state index in [1.165, 1.54) is 12.1 Å². The van der Waals surface area contributed by atoms with E-state index in [1.807, 2.05) is 6.92 Å². The van der Waals surface area contributed by atoms with E-state index in [0.717, 1.165) is 12.8 Å². The number of carbonyl (C=O) groups excluding carboxylic acids is 1. The van der Waals surface area contributed by atoms with Crippen LogP contribution in [0.2, 0.25) is 0 Å². The number of hydrogen-bond donors (Lipinski definition) is 1. The van der Waals surface area contributed by atoms with Crippen LogP contribution in [0.25, 0.3) is 5.69 Å². The van der Waals surface area contributed by atoms with E-state index in [-0.39, 0.29) is 30.3 Å². The monoisotopic (exact) mass is 317 g/mol. The summed E-state index contributed by atoms with van der Waals surface area (Å²) in [6.07, 6.45) is 3.51. The maximum atomic E-state index is 13.0. The molecule has 1 amide bonds. The van der Waals surface area contributed by atoms with Gasteiger partial charge in [0.15, 0.2) is 5.69 Å². The Morgan fingerprint density at radius 1 is 1.30 bits per heavy atom. The molecule has 5 nitrogen and oxygen atoms in total. The predicted octanol–water partition coefficient (Wildman–Crippen LogP) is 2.24. The van der Waals surface area contributed by atoms with Crippen molar-refractivity contribution in [2.75, 3.05) is 13.2 Å². The van der Waals surface area contributed by atoms with Gasteiger partial charge in [0.25, 0.3) is 5.91 Å². The van der Waals surface area contributed by atoms with Crippen LogP contribution in [0.5, 0.6) is 0 Å². The second kappa shape index (κ2) is 6.50. The van der Waals surface area contributed by atoms with Crippen LogP contribution in [0.3, 0.4) is 0 Å². The van der Waals surface area contributed by atoms with Crippen molar-refractivity contribution in [2.45, 2.75) is 25.8 Å². The van der Waals surface area contributed by atoms with Crippen LogP contribution in [0.1, 0.15) is 30.3 Å². The summed E-state index contributed by atoms with van der Waals surface area (Å²) in [5, 5.41) is 13.6. The summed E-state index contributed by atoms with van der Waals surface area (Å²) in [5.41, 5.74) is 1.06. The number of rotatable bonds is 3. The van der Waals surface area contributed by atoms with E-state index in [0.29, 0.717) is 17.9 Å². The normalized spacial score (nSPS) is 21.4. The van der Waals surface area contributed by atoms with Gasteiger partial charge in [0.2, 0.25) is 0 Å². The third-order valence-corrected chi connectivity index (χ3v) is 4.40. The van der Waals surface area contributed by atoms with Gasteiger partial charge < -0.3 is 10.0 Å². The molecule has 0 bridgehead atoms. The summed E-state index contributed by atoms with van der Waals surface area (Å²) in [6.45, 7) is 2.67. The van der Waals surface area contributed by atoms with E-state index in [2.05, 4.69) is 5.10 Å². The molecule has 2 atom stereocenters. The van der Waals surface area contributed by atoms with Crippen molar-refractivity contribution in [1.82, 2.24) is 14.7 Å². The Bertz CT molecular complexity index is 683. The molecule has 23 heavy (non-hydrogen) atoms. The van der Waals surface area contributed by atoms with Crippen LogP contribution in [-0.4, -0.2) is 44.9 Å². The fourth-order valence-corrected chi connectivity index (χ4v) is 2.94. The summed E-state index contributed by atoms with van der Waals surface area (Å²) >= 11 is 0. The summed E-state index contributed by atoms with van der Waals surface area (Å²) in [5.74, 6) is -0.305. The highest BCUT2D eigenvalue weighted by molar-refractivity contribution is 5.92. The second-order valence-electron chi connectivity index (χ2n) is 6.05. The van der Waals surface area contributed by atoms with Crippen molar-refractivity contribution in [2.24, 2.45) is 5.92 Å². The Morgan fingerprint density at radius 2 is 2.04 bits per heavy atom. The van der Waals surface area contributed by atoms with Gasteiger partial charge in [0, 0.05) is 25.4 Å². The highest BCUT2D eigenvalue weighted by Gasteiger charge is 2.30. The summed E-state index contributed by atoms with van der Waals surface area (Å²) < 4.78 is 14.5. The summed E-state index contributed by atoms with van der Waals surface area (Å²) in [6, 6.07) is 7.75. The molecule has 1 aromatic carbocycles. The number of likely N-dealkylation sites (tertiary alicyclic amines) is 1. The van der Waals surface area contributed by atoms with Gasteiger partial charge in [-0.2, -0.15) is 5.10 Å². The average molecular weight is 317 g/mol. The fourth-order valence-electron chi connectivity index (χ4n) is 2.94. The minimum atomic E-state index is -0.311. The number of nitrogens with zero attached hydrogens (tertiary/aromatic N) is 3. The predicted molar refractivity (Wildman–Crippen MR) is 83.8 cm³/mol. The number of aliphatic hydroxyl groups is 1. The molecule has 6 heteroatoms. The number of amides is 1. The van der Waals surface area contributed by atoms with E-state index in [4.69, 9.17) is 0 Å². The van der Waals surface area contributed by atoms with Crippen molar-refractivity contribution in [3.63, 3.8) is 0 Å². The average Bonchev–Trinajstić information content (AvgIpc) is 3.05. The maximum Gasteiger partial charge on any atom is 0.274 e. The van der Waals surface area contributed by atoms with Gasteiger partial charge in [-0.3, -0.25) is 4.79 Å². The molecular weight excluding hydrogens is 297 g/mol. The van der Waals surface area contributed by atoms with Gasteiger partial charge in [-0.1, -0.05) is 0 Å².